The lowest BCUT2D eigenvalue weighted by atomic mass is 9.79. The van der Waals surface area contributed by atoms with Crippen molar-refractivity contribution in [2.24, 2.45) is 0 Å². The average molecular weight is 407 g/mol. The van der Waals surface area contributed by atoms with Crippen molar-refractivity contribution < 1.29 is 19.7 Å². The maximum absolute atomic E-state index is 13.5. The van der Waals surface area contributed by atoms with E-state index in [9.17, 15) is 19.7 Å². The number of halogens is 1. The number of rotatable bonds is 6. The summed E-state index contributed by atoms with van der Waals surface area (Å²) in [5.74, 6) is -0.0424. The van der Waals surface area contributed by atoms with Gasteiger partial charge in [0.05, 0.1) is 0 Å². The zero-order valence-corrected chi connectivity index (χ0v) is 16.7. The van der Waals surface area contributed by atoms with E-state index >= 15 is 0 Å². The lowest BCUT2D eigenvalue weighted by Crippen LogP contribution is -2.15. The van der Waals surface area contributed by atoms with Gasteiger partial charge in [-0.25, -0.2) is 4.39 Å². The fourth-order valence-corrected chi connectivity index (χ4v) is 4.28. The molecule has 0 spiro atoms. The van der Waals surface area contributed by atoms with Crippen LogP contribution in [0.15, 0.2) is 54.6 Å². The fraction of sp³-hybridized carbons (Fsp3) is 0.280. The van der Waals surface area contributed by atoms with E-state index in [2.05, 4.69) is 5.32 Å². The van der Waals surface area contributed by atoms with Gasteiger partial charge in [0.15, 0.2) is 11.6 Å². The monoisotopic (exact) mass is 407 g/mol. The quantitative estimate of drug-likeness (QED) is 0.421. The minimum Gasteiger partial charge on any atom is -0.508 e. The van der Waals surface area contributed by atoms with Crippen LogP contribution in [0.3, 0.4) is 0 Å². The van der Waals surface area contributed by atoms with Gasteiger partial charge >= 0.3 is 0 Å². The van der Waals surface area contributed by atoms with Crippen molar-refractivity contribution in [3.05, 3.63) is 82.7 Å². The smallest absolute Gasteiger partial charge is 0.165 e. The number of anilines is 1. The van der Waals surface area contributed by atoms with E-state index in [1.165, 1.54) is 28.8 Å². The molecule has 1 aliphatic carbocycles. The van der Waals surface area contributed by atoms with E-state index in [1.54, 1.807) is 24.3 Å². The summed E-state index contributed by atoms with van der Waals surface area (Å²) in [5, 5.41) is 32.4. The summed E-state index contributed by atoms with van der Waals surface area (Å²) in [6.07, 6.45) is 4.30. The summed E-state index contributed by atoms with van der Waals surface area (Å²) in [5.41, 5.74) is 5.43. The van der Waals surface area contributed by atoms with Gasteiger partial charge in [0.25, 0.3) is 0 Å². The molecule has 4 nitrogen and oxygen atoms in total. The van der Waals surface area contributed by atoms with Gasteiger partial charge < -0.3 is 20.6 Å². The predicted octanol–water partition coefficient (Wildman–Crippen LogP) is 5.26. The van der Waals surface area contributed by atoms with Crippen molar-refractivity contribution in [2.45, 2.75) is 38.0 Å². The molecule has 0 radical (unpaired) electrons. The fourth-order valence-electron chi connectivity index (χ4n) is 4.28. The molecule has 0 saturated heterocycles. The molecule has 0 bridgehead atoms. The van der Waals surface area contributed by atoms with Crippen LogP contribution >= 0.6 is 0 Å². The summed E-state index contributed by atoms with van der Waals surface area (Å²) in [7, 11) is 0. The molecule has 30 heavy (non-hydrogen) atoms. The number of phenols is 3. The van der Waals surface area contributed by atoms with Gasteiger partial charge in [0, 0.05) is 18.3 Å². The molecule has 1 unspecified atom stereocenters. The van der Waals surface area contributed by atoms with Crippen molar-refractivity contribution in [2.75, 3.05) is 11.9 Å². The first-order chi connectivity index (χ1) is 14.5. The minimum atomic E-state index is -0.596. The van der Waals surface area contributed by atoms with E-state index in [-0.39, 0.29) is 11.5 Å². The zero-order valence-electron chi connectivity index (χ0n) is 16.7. The number of aromatic hydroxyl groups is 3. The van der Waals surface area contributed by atoms with Crippen molar-refractivity contribution >= 4 is 5.69 Å². The standard InChI is InChI=1S/C25H26FNO3/c26-23-12-16(3-10-25(23)30)2-1-11-27-24-15-21(29)8-9-22(24)19-5-4-18-14-20(28)7-6-17(18)13-19/h3,6-10,12,14-15,19,27-30H,1-2,4-5,11,13H2. The maximum Gasteiger partial charge on any atom is 0.165 e. The zero-order chi connectivity index (χ0) is 21.1. The number of fused-ring (bicyclic) bond motifs is 1. The molecule has 5 heteroatoms. The van der Waals surface area contributed by atoms with Gasteiger partial charge in [-0.1, -0.05) is 18.2 Å². The van der Waals surface area contributed by atoms with Gasteiger partial charge in [-0.3, -0.25) is 0 Å². The highest BCUT2D eigenvalue weighted by atomic mass is 19.1. The molecular weight excluding hydrogens is 381 g/mol. The third kappa shape index (κ3) is 4.51. The first-order valence-electron chi connectivity index (χ1n) is 10.3. The largest absolute Gasteiger partial charge is 0.508 e. The molecule has 0 amide bonds. The van der Waals surface area contributed by atoms with E-state index in [4.69, 9.17) is 0 Å². The highest BCUT2D eigenvalue weighted by molar-refractivity contribution is 5.57. The van der Waals surface area contributed by atoms with Crippen LogP contribution < -0.4 is 5.32 Å². The Hall–Kier alpha value is -3.21. The van der Waals surface area contributed by atoms with Crippen molar-refractivity contribution in [3.8, 4) is 17.2 Å². The van der Waals surface area contributed by atoms with Crippen LogP contribution in [0.1, 0.15) is 41.0 Å². The molecule has 0 fully saturated rings. The molecule has 0 aromatic heterocycles. The summed E-state index contributed by atoms with van der Waals surface area (Å²) in [6, 6.07) is 15.6. The minimum absolute atomic E-state index is 0.225. The Bertz CT molecular complexity index is 1050. The topological polar surface area (TPSA) is 72.7 Å². The van der Waals surface area contributed by atoms with Crippen LogP contribution in [-0.4, -0.2) is 21.9 Å². The van der Waals surface area contributed by atoms with E-state index < -0.39 is 5.82 Å². The molecule has 0 saturated carbocycles. The Morgan fingerprint density at radius 1 is 0.900 bits per heavy atom. The Kier molecular flexibility index (Phi) is 5.79. The van der Waals surface area contributed by atoms with Gasteiger partial charge in [0.1, 0.15) is 11.5 Å². The van der Waals surface area contributed by atoms with Gasteiger partial charge in [-0.05, 0) is 90.6 Å². The maximum atomic E-state index is 13.5. The summed E-state index contributed by atoms with van der Waals surface area (Å²) < 4.78 is 13.5. The Labute approximate surface area is 175 Å². The number of hydrogen-bond donors (Lipinski definition) is 4. The molecule has 3 aromatic rings. The van der Waals surface area contributed by atoms with Crippen LogP contribution in [0, 0.1) is 5.82 Å². The molecule has 1 aliphatic rings. The number of benzene rings is 3. The molecule has 0 heterocycles. The van der Waals surface area contributed by atoms with Gasteiger partial charge in [-0.15, -0.1) is 0 Å². The first kappa shape index (κ1) is 20.1. The third-order valence-corrected chi connectivity index (χ3v) is 5.86. The van der Waals surface area contributed by atoms with Gasteiger partial charge in [-0.2, -0.15) is 0 Å². The Morgan fingerprint density at radius 3 is 2.53 bits per heavy atom. The first-order valence-corrected chi connectivity index (χ1v) is 10.3. The van der Waals surface area contributed by atoms with Crippen molar-refractivity contribution in [1.29, 1.82) is 0 Å². The Morgan fingerprint density at radius 2 is 1.70 bits per heavy atom. The van der Waals surface area contributed by atoms with E-state index in [1.807, 2.05) is 18.2 Å². The lowest BCUT2D eigenvalue weighted by Gasteiger charge is -2.27. The van der Waals surface area contributed by atoms with E-state index in [0.29, 0.717) is 24.6 Å². The molecule has 4 N–H and O–H groups in total. The Balaban J connectivity index is 1.42. The lowest BCUT2D eigenvalue weighted by molar-refractivity contribution is 0.431. The summed E-state index contributed by atoms with van der Waals surface area (Å²) in [4.78, 5) is 0. The number of aryl methyl sites for hydroxylation is 2. The highest BCUT2D eigenvalue weighted by Crippen LogP contribution is 2.38. The number of phenolic OH excluding ortho intramolecular Hbond substituents is 3. The second kappa shape index (κ2) is 8.66. The van der Waals surface area contributed by atoms with Crippen LogP contribution in [0.2, 0.25) is 0 Å². The van der Waals surface area contributed by atoms with Crippen LogP contribution in [0.25, 0.3) is 0 Å². The second-order valence-corrected chi connectivity index (χ2v) is 7.98. The van der Waals surface area contributed by atoms with Gasteiger partial charge in [0.2, 0.25) is 0 Å². The van der Waals surface area contributed by atoms with E-state index in [0.717, 1.165) is 36.9 Å². The average Bonchev–Trinajstić information content (AvgIpc) is 2.73. The summed E-state index contributed by atoms with van der Waals surface area (Å²) in [6.45, 7) is 0.691. The molecule has 156 valence electrons. The SMILES string of the molecule is Oc1ccc2c(c1)CCC(c1ccc(O)cc1NCCCc1ccc(O)c(F)c1)C2. The molecule has 3 aromatic carbocycles. The highest BCUT2D eigenvalue weighted by Gasteiger charge is 2.22. The summed E-state index contributed by atoms with van der Waals surface area (Å²) >= 11 is 0. The normalized spacial score (nSPS) is 15.6. The van der Waals surface area contributed by atoms with Crippen LogP contribution in [-0.2, 0) is 19.3 Å². The van der Waals surface area contributed by atoms with Crippen molar-refractivity contribution in [1.82, 2.24) is 0 Å². The molecule has 0 aliphatic heterocycles. The molecule has 4 rings (SSSR count). The molecular formula is C25H26FNO3. The number of hydrogen-bond acceptors (Lipinski definition) is 4. The molecule has 1 atom stereocenters. The van der Waals surface area contributed by atoms with Crippen LogP contribution in [0.5, 0.6) is 17.2 Å². The third-order valence-electron chi connectivity index (χ3n) is 5.86. The van der Waals surface area contributed by atoms with Crippen LogP contribution in [0.4, 0.5) is 10.1 Å². The number of nitrogens with one attached hydrogen (secondary N) is 1. The van der Waals surface area contributed by atoms with Crippen molar-refractivity contribution in [3.63, 3.8) is 0 Å². The predicted molar refractivity (Wildman–Crippen MR) is 116 cm³/mol. The second-order valence-electron chi connectivity index (χ2n) is 7.98.